The van der Waals surface area contributed by atoms with Crippen molar-refractivity contribution in [2.75, 3.05) is 7.05 Å². The monoisotopic (exact) mass is 271 g/mol. The fraction of sp³-hybridized carbons (Fsp3) is 0.444. The smallest absolute Gasteiger partial charge is 0.134 e. The lowest BCUT2D eigenvalue weighted by Gasteiger charge is -2.10. The topological polar surface area (TPSA) is 29.4 Å². The van der Waals surface area contributed by atoms with E-state index in [9.17, 15) is 4.79 Å². The van der Waals surface area contributed by atoms with Crippen LogP contribution in [0, 0.1) is 13.8 Å². The summed E-state index contributed by atoms with van der Waals surface area (Å²) in [7, 11) is 1.75. The quantitative estimate of drug-likeness (QED) is 0.712. The number of benzene rings is 1. The van der Waals surface area contributed by atoms with Crippen LogP contribution >= 0.6 is 0 Å². The van der Waals surface area contributed by atoms with Gasteiger partial charge in [0.25, 0.3) is 0 Å². The maximum Gasteiger partial charge on any atom is 0.134 e. The SMILES string of the molecule is C/N=C\C(CC(C)=O)=C(/C)CCc1cccc(C)c1C. The average molecular weight is 271 g/mol. The number of carbonyl (C=O) groups is 1. The Labute approximate surface area is 122 Å². The summed E-state index contributed by atoms with van der Waals surface area (Å²) in [6, 6.07) is 6.45. The van der Waals surface area contributed by atoms with Gasteiger partial charge >= 0.3 is 0 Å². The molecule has 0 saturated heterocycles. The van der Waals surface area contributed by atoms with Crippen LogP contribution in [0.2, 0.25) is 0 Å². The molecule has 0 atom stereocenters. The maximum absolute atomic E-state index is 11.3. The number of ketones is 1. The first-order chi connectivity index (χ1) is 9.45. The molecule has 0 aliphatic carbocycles. The summed E-state index contributed by atoms with van der Waals surface area (Å²) >= 11 is 0. The molecule has 0 radical (unpaired) electrons. The van der Waals surface area contributed by atoms with Gasteiger partial charge in [0, 0.05) is 19.7 Å². The average Bonchev–Trinajstić information content (AvgIpc) is 2.39. The van der Waals surface area contributed by atoms with Gasteiger partial charge in [-0.15, -0.1) is 0 Å². The molecular formula is C18H25NO. The molecule has 0 aromatic heterocycles. The molecule has 0 aliphatic heterocycles. The lowest BCUT2D eigenvalue weighted by Crippen LogP contribution is -2.00. The fourth-order valence-corrected chi connectivity index (χ4v) is 2.30. The van der Waals surface area contributed by atoms with Gasteiger partial charge in [-0.1, -0.05) is 23.8 Å². The highest BCUT2D eigenvalue weighted by molar-refractivity contribution is 5.89. The second-order valence-corrected chi connectivity index (χ2v) is 5.43. The van der Waals surface area contributed by atoms with Crippen molar-refractivity contribution in [1.29, 1.82) is 0 Å². The summed E-state index contributed by atoms with van der Waals surface area (Å²) in [6.07, 6.45) is 4.28. The standard InChI is InChI=1S/C18H25NO/c1-13-7-6-8-17(16(13)4)10-9-14(2)18(12-19-5)11-15(3)20/h6-8,12H,9-11H2,1-5H3/b18-14+,19-12-. The van der Waals surface area contributed by atoms with Crippen molar-refractivity contribution in [3.8, 4) is 0 Å². The van der Waals surface area contributed by atoms with E-state index in [0.29, 0.717) is 6.42 Å². The summed E-state index contributed by atoms with van der Waals surface area (Å²) in [5.74, 6) is 0.186. The van der Waals surface area contributed by atoms with Crippen LogP contribution in [-0.4, -0.2) is 19.0 Å². The van der Waals surface area contributed by atoms with Crippen LogP contribution in [0.15, 0.2) is 34.3 Å². The van der Waals surface area contributed by atoms with Crippen LogP contribution in [0.3, 0.4) is 0 Å². The molecule has 0 heterocycles. The van der Waals surface area contributed by atoms with Crippen LogP contribution in [0.25, 0.3) is 0 Å². The molecule has 0 spiro atoms. The number of hydrogen-bond donors (Lipinski definition) is 0. The molecule has 0 amide bonds. The Kier molecular flexibility index (Phi) is 6.37. The Morgan fingerprint density at radius 2 is 1.95 bits per heavy atom. The third kappa shape index (κ3) is 4.76. The van der Waals surface area contributed by atoms with Crippen molar-refractivity contribution in [3.63, 3.8) is 0 Å². The van der Waals surface area contributed by atoms with E-state index in [1.807, 2.05) is 6.21 Å². The highest BCUT2D eigenvalue weighted by Gasteiger charge is 2.06. The zero-order valence-electron chi connectivity index (χ0n) is 13.3. The van der Waals surface area contributed by atoms with Crippen LogP contribution in [0.1, 0.15) is 43.4 Å². The fourth-order valence-electron chi connectivity index (χ4n) is 2.30. The predicted molar refractivity (Wildman–Crippen MR) is 86.7 cm³/mol. The number of carbonyl (C=O) groups excluding carboxylic acids is 1. The highest BCUT2D eigenvalue weighted by atomic mass is 16.1. The Balaban J connectivity index is 2.85. The minimum Gasteiger partial charge on any atom is -0.300 e. The molecule has 1 aromatic rings. The van der Waals surface area contributed by atoms with E-state index < -0.39 is 0 Å². The van der Waals surface area contributed by atoms with Gasteiger partial charge in [0.1, 0.15) is 5.78 Å². The molecule has 108 valence electrons. The molecule has 2 nitrogen and oxygen atoms in total. The Bertz CT molecular complexity index is 538. The molecule has 0 aliphatic rings. The minimum absolute atomic E-state index is 0.186. The van der Waals surface area contributed by atoms with E-state index in [2.05, 4.69) is 44.0 Å². The second kappa shape index (κ2) is 7.78. The van der Waals surface area contributed by atoms with Crippen LogP contribution in [-0.2, 0) is 11.2 Å². The molecule has 0 N–H and O–H groups in total. The number of allylic oxidation sites excluding steroid dienone is 2. The Hall–Kier alpha value is -1.70. The molecule has 0 unspecified atom stereocenters. The second-order valence-electron chi connectivity index (χ2n) is 5.43. The van der Waals surface area contributed by atoms with E-state index in [1.165, 1.54) is 22.3 Å². The first kappa shape index (κ1) is 16.4. The van der Waals surface area contributed by atoms with E-state index in [-0.39, 0.29) is 5.78 Å². The summed E-state index contributed by atoms with van der Waals surface area (Å²) in [5, 5.41) is 0. The number of Topliss-reactive ketones (excluding diaryl/α,β-unsaturated/α-hetero) is 1. The third-order valence-electron chi connectivity index (χ3n) is 3.76. The number of hydrogen-bond acceptors (Lipinski definition) is 2. The van der Waals surface area contributed by atoms with E-state index in [0.717, 1.165) is 18.4 Å². The first-order valence-corrected chi connectivity index (χ1v) is 7.11. The minimum atomic E-state index is 0.186. The zero-order valence-corrected chi connectivity index (χ0v) is 13.3. The van der Waals surface area contributed by atoms with Crippen LogP contribution in [0.5, 0.6) is 0 Å². The molecule has 2 heteroatoms. The van der Waals surface area contributed by atoms with Gasteiger partial charge in [-0.2, -0.15) is 0 Å². The van der Waals surface area contributed by atoms with Crippen molar-refractivity contribution in [2.24, 2.45) is 4.99 Å². The van der Waals surface area contributed by atoms with E-state index in [4.69, 9.17) is 0 Å². The normalized spacial score (nSPS) is 12.7. The summed E-state index contributed by atoms with van der Waals surface area (Å²) in [5.41, 5.74) is 6.41. The summed E-state index contributed by atoms with van der Waals surface area (Å²) in [6.45, 7) is 8.05. The molecule has 0 fully saturated rings. The molecule has 1 rings (SSSR count). The van der Waals surface area contributed by atoms with E-state index in [1.54, 1.807) is 14.0 Å². The van der Waals surface area contributed by atoms with Gasteiger partial charge in [0.2, 0.25) is 0 Å². The number of nitrogens with zero attached hydrogens (tertiary/aromatic N) is 1. The lowest BCUT2D eigenvalue weighted by molar-refractivity contribution is -0.116. The number of aliphatic imine (C=N–C) groups is 1. The summed E-state index contributed by atoms with van der Waals surface area (Å²) in [4.78, 5) is 15.4. The van der Waals surface area contributed by atoms with Crippen molar-refractivity contribution < 1.29 is 4.79 Å². The van der Waals surface area contributed by atoms with Gasteiger partial charge < -0.3 is 0 Å². The van der Waals surface area contributed by atoms with Gasteiger partial charge in [0.05, 0.1) is 0 Å². The molecule has 1 aromatic carbocycles. The van der Waals surface area contributed by atoms with Crippen LogP contribution < -0.4 is 0 Å². The van der Waals surface area contributed by atoms with Gasteiger partial charge in [0.15, 0.2) is 0 Å². The summed E-state index contributed by atoms with van der Waals surface area (Å²) < 4.78 is 0. The molecule has 20 heavy (non-hydrogen) atoms. The molecule has 0 saturated carbocycles. The van der Waals surface area contributed by atoms with Crippen molar-refractivity contribution in [1.82, 2.24) is 0 Å². The number of rotatable bonds is 6. The van der Waals surface area contributed by atoms with Gasteiger partial charge in [-0.25, -0.2) is 0 Å². The van der Waals surface area contributed by atoms with E-state index >= 15 is 0 Å². The predicted octanol–water partition coefficient (Wildman–Crippen LogP) is 4.23. The zero-order chi connectivity index (χ0) is 15.1. The lowest BCUT2D eigenvalue weighted by atomic mass is 9.95. The Morgan fingerprint density at radius 1 is 1.25 bits per heavy atom. The Morgan fingerprint density at radius 3 is 2.55 bits per heavy atom. The largest absolute Gasteiger partial charge is 0.300 e. The van der Waals surface area contributed by atoms with Crippen molar-refractivity contribution >= 4 is 12.0 Å². The van der Waals surface area contributed by atoms with Crippen molar-refractivity contribution in [2.45, 2.75) is 47.0 Å². The van der Waals surface area contributed by atoms with Crippen LogP contribution in [0.4, 0.5) is 0 Å². The maximum atomic E-state index is 11.3. The molecule has 0 bridgehead atoms. The first-order valence-electron chi connectivity index (χ1n) is 7.11. The van der Waals surface area contributed by atoms with Gasteiger partial charge in [-0.05, 0) is 62.8 Å². The molecular weight excluding hydrogens is 246 g/mol. The third-order valence-corrected chi connectivity index (χ3v) is 3.76. The highest BCUT2D eigenvalue weighted by Crippen LogP contribution is 2.19. The van der Waals surface area contributed by atoms with Crippen molar-refractivity contribution in [3.05, 3.63) is 46.0 Å². The number of aryl methyl sites for hydroxylation is 2. The van der Waals surface area contributed by atoms with Gasteiger partial charge in [-0.3, -0.25) is 9.79 Å².